The number of aliphatic hydroxyl groups excluding tert-OH is 1. The van der Waals surface area contributed by atoms with Crippen LogP contribution >= 0.6 is 0 Å². The summed E-state index contributed by atoms with van der Waals surface area (Å²) in [5, 5.41) is 20.1. The molecule has 3 aliphatic rings. The fraction of sp³-hybridized carbons (Fsp3) is 0.545. The number of ether oxygens (including phenoxy) is 1. The van der Waals surface area contributed by atoms with Crippen molar-refractivity contribution in [3.63, 3.8) is 0 Å². The number of allylic oxidation sites excluding steroid dienone is 1. The van der Waals surface area contributed by atoms with Crippen molar-refractivity contribution in [2.75, 3.05) is 6.61 Å². The Hall–Kier alpha value is -2.30. The largest absolute Gasteiger partial charge is 0.508 e. The number of Topliss-reactive ketones (excluding diaryl/α,β-unsaturated/α-hetero) is 1. The van der Waals surface area contributed by atoms with E-state index in [4.69, 9.17) is 4.74 Å². The number of phenols is 1. The molecule has 3 aliphatic carbocycles. The molecule has 0 heterocycles. The first-order valence-corrected chi connectivity index (χ1v) is 9.82. The number of fused-ring (bicyclic) bond motifs is 5. The molecule has 0 saturated heterocycles. The molecule has 0 bridgehead atoms. The Morgan fingerprint density at radius 1 is 1.33 bits per heavy atom. The fourth-order valence-electron chi connectivity index (χ4n) is 5.73. The number of aliphatic hydroxyl groups is 1. The first-order valence-electron chi connectivity index (χ1n) is 9.82. The second-order valence-electron chi connectivity index (χ2n) is 8.34. The van der Waals surface area contributed by atoms with Crippen LogP contribution in [0.4, 0.5) is 0 Å². The van der Waals surface area contributed by atoms with Gasteiger partial charge in [-0.05, 0) is 80.0 Å². The molecule has 5 heteroatoms. The van der Waals surface area contributed by atoms with Crippen molar-refractivity contribution in [1.29, 1.82) is 0 Å². The highest BCUT2D eigenvalue weighted by molar-refractivity contribution is 6.07. The van der Waals surface area contributed by atoms with E-state index in [1.54, 1.807) is 13.0 Å². The van der Waals surface area contributed by atoms with Crippen molar-refractivity contribution in [3.05, 3.63) is 40.7 Å². The lowest BCUT2D eigenvalue weighted by atomic mass is 9.55. The van der Waals surface area contributed by atoms with Crippen LogP contribution in [0.25, 0.3) is 0 Å². The second kappa shape index (κ2) is 6.39. The number of hydrogen-bond acceptors (Lipinski definition) is 5. The maximum atomic E-state index is 13.1. The summed E-state index contributed by atoms with van der Waals surface area (Å²) in [6, 6.07) is 5.62. The van der Waals surface area contributed by atoms with Gasteiger partial charge in [-0.3, -0.25) is 4.79 Å². The van der Waals surface area contributed by atoms with Crippen LogP contribution in [-0.4, -0.2) is 28.6 Å². The molecule has 4 atom stereocenters. The molecule has 0 aliphatic heterocycles. The molecule has 0 amide bonds. The SMILES string of the molecule is CCOC(=O)/C(O)=C1\CC2C3CCc4cc(O)ccc4C3CC[C@]2(C)C1=O. The molecular weight excluding hydrogens is 344 g/mol. The molecule has 4 rings (SSSR count). The van der Waals surface area contributed by atoms with Crippen molar-refractivity contribution in [3.8, 4) is 5.75 Å². The van der Waals surface area contributed by atoms with E-state index in [-0.39, 0.29) is 23.9 Å². The molecule has 27 heavy (non-hydrogen) atoms. The third-order valence-electron chi connectivity index (χ3n) is 7.07. The first-order chi connectivity index (χ1) is 12.9. The van der Waals surface area contributed by atoms with Crippen molar-refractivity contribution in [2.24, 2.45) is 17.3 Å². The maximum absolute atomic E-state index is 13.1. The number of aryl methyl sites for hydroxylation is 1. The Labute approximate surface area is 159 Å². The molecule has 2 N–H and O–H groups in total. The van der Waals surface area contributed by atoms with Crippen LogP contribution < -0.4 is 0 Å². The smallest absolute Gasteiger partial charge is 0.373 e. The topological polar surface area (TPSA) is 83.8 Å². The van der Waals surface area contributed by atoms with Gasteiger partial charge in [-0.15, -0.1) is 0 Å². The van der Waals surface area contributed by atoms with E-state index in [2.05, 4.69) is 0 Å². The molecule has 2 saturated carbocycles. The fourth-order valence-corrected chi connectivity index (χ4v) is 5.73. The Kier molecular flexibility index (Phi) is 4.28. The standard InChI is InChI=1S/C22H26O5/c1-3-27-21(26)19(24)17-11-18-16-6-4-12-10-13(23)5-7-14(12)15(16)8-9-22(18,2)20(17)25/h5,7,10,15-16,18,23-24H,3-4,6,8-9,11H2,1-2H3/b19-17-/t15?,16?,18?,22-/m0/s1. The van der Waals surface area contributed by atoms with E-state index in [0.717, 1.165) is 25.7 Å². The highest BCUT2D eigenvalue weighted by Crippen LogP contribution is 2.61. The average Bonchev–Trinajstić information content (AvgIpc) is 2.92. The third-order valence-corrected chi connectivity index (χ3v) is 7.07. The summed E-state index contributed by atoms with van der Waals surface area (Å²) in [5.41, 5.74) is 2.21. The molecule has 3 unspecified atom stereocenters. The van der Waals surface area contributed by atoms with Crippen LogP contribution in [0, 0.1) is 17.3 Å². The Morgan fingerprint density at radius 3 is 2.85 bits per heavy atom. The zero-order valence-electron chi connectivity index (χ0n) is 15.8. The van der Waals surface area contributed by atoms with Crippen LogP contribution in [0.2, 0.25) is 0 Å². The number of carbonyl (C=O) groups excluding carboxylic acids is 2. The number of carbonyl (C=O) groups is 2. The number of rotatable bonds is 2. The summed E-state index contributed by atoms with van der Waals surface area (Å²) in [4.78, 5) is 25.1. The van der Waals surface area contributed by atoms with Gasteiger partial charge in [0.25, 0.3) is 0 Å². The van der Waals surface area contributed by atoms with E-state index in [1.165, 1.54) is 11.1 Å². The van der Waals surface area contributed by atoms with Gasteiger partial charge < -0.3 is 14.9 Å². The molecular formula is C22H26O5. The van der Waals surface area contributed by atoms with E-state index >= 15 is 0 Å². The average molecular weight is 370 g/mol. The van der Waals surface area contributed by atoms with Crippen LogP contribution in [0.5, 0.6) is 5.75 Å². The summed E-state index contributed by atoms with van der Waals surface area (Å²) in [7, 11) is 0. The summed E-state index contributed by atoms with van der Waals surface area (Å²) in [6.45, 7) is 3.84. The number of phenolic OH excluding ortho intramolecular Hbond substituents is 1. The number of ketones is 1. The van der Waals surface area contributed by atoms with Gasteiger partial charge in [-0.1, -0.05) is 13.0 Å². The summed E-state index contributed by atoms with van der Waals surface area (Å²) in [6.07, 6.45) is 3.94. The highest BCUT2D eigenvalue weighted by Gasteiger charge is 2.57. The number of esters is 1. The van der Waals surface area contributed by atoms with E-state index < -0.39 is 17.1 Å². The number of hydrogen-bond donors (Lipinski definition) is 2. The second-order valence-corrected chi connectivity index (χ2v) is 8.34. The molecule has 0 radical (unpaired) electrons. The zero-order chi connectivity index (χ0) is 19.3. The molecule has 144 valence electrons. The molecule has 2 fully saturated rings. The van der Waals surface area contributed by atoms with Gasteiger partial charge in [0.05, 0.1) is 6.61 Å². The van der Waals surface area contributed by atoms with Crippen molar-refractivity contribution in [2.45, 2.75) is 51.9 Å². The van der Waals surface area contributed by atoms with Gasteiger partial charge in [-0.2, -0.15) is 0 Å². The molecule has 0 aromatic heterocycles. The highest BCUT2D eigenvalue weighted by atomic mass is 16.5. The number of benzene rings is 1. The Balaban J connectivity index is 1.69. The quantitative estimate of drug-likeness (QED) is 0.470. The van der Waals surface area contributed by atoms with Crippen LogP contribution in [0.3, 0.4) is 0 Å². The summed E-state index contributed by atoms with van der Waals surface area (Å²) in [5.74, 6) is -0.264. The van der Waals surface area contributed by atoms with Crippen LogP contribution in [0.15, 0.2) is 29.5 Å². The van der Waals surface area contributed by atoms with E-state index in [0.29, 0.717) is 24.0 Å². The first kappa shape index (κ1) is 18.1. The monoisotopic (exact) mass is 370 g/mol. The van der Waals surface area contributed by atoms with Crippen LogP contribution in [0.1, 0.15) is 56.6 Å². The molecule has 1 aromatic carbocycles. The summed E-state index contributed by atoms with van der Waals surface area (Å²) < 4.78 is 4.89. The minimum Gasteiger partial charge on any atom is -0.508 e. The van der Waals surface area contributed by atoms with Crippen molar-refractivity contribution < 1.29 is 24.5 Å². The Bertz CT molecular complexity index is 839. The summed E-state index contributed by atoms with van der Waals surface area (Å²) >= 11 is 0. The van der Waals surface area contributed by atoms with Crippen LogP contribution in [-0.2, 0) is 20.7 Å². The zero-order valence-corrected chi connectivity index (χ0v) is 15.8. The van der Waals surface area contributed by atoms with Gasteiger partial charge in [-0.25, -0.2) is 4.79 Å². The normalized spacial score (nSPS) is 33.7. The lowest BCUT2D eigenvalue weighted by molar-refractivity contribution is -0.142. The number of aromatic hydroxyl groups is 1. The molecule has 1 aromatic rings. The third kappa shape index (κ3) is 2.67. The predicted molar refractivity (Wildman–Crippen MR) is 99.4 cm³/mol. The minimum absolute atomic E-state index is 0.0898. The molecule has 0 spiro atoms. The van der Waals surface area contributed by atoms with Crippen molar-refractivity contribution in [1.82, 2.24) is 0 Å². The van der Waals surface area contributed by atoms with Gasteiger partial charge >= 0.3 is 5.97 Å². The maximum Gasteiger partial charge on any atom is 0.373 e. The van der Waals surface area contributed by atoms with Gasteiger partial charge in [0, 0.05) is 11.0 Å². The van der Waals surface area contributed by atoms with Gasteiger partial charge in [0.15, 0.2) is 5.78 Å². The van der Waals surface area contributed by atoms with Gasteiger partial charge in [0.2, 0.25) is 5.76 Å². The molecule has 5 nitrogen and oxygen atoms in total. The van der Waals surface area contributed by atoms with Gasteiger partial charge in [0.1, 0.15) is 5.75 Å². The van der Waals surface area contributed by atoms with E-state index in [1.807, 2.05) is 19.1 Å². The van der Waals surface area contributed by atoms with E-state index in [9.17, 15) is 19.8 Å². The predicted octanol–water partition coefficient (Wildman–Crippen LogP) is 3.80. The Morgan fingerprint density at radius 2 is 2.11 bits per heavy atom. The lowest BCUT2D eigenvalue weighted by Crippen LogP contribution is -2.42. The minimum atomic E-state index is -0.802. The van der Waals surface area contributed by atoms with Crippen molar-refractivity contribution >= 4 is 11.8 Å². The lowest BCUT2D eigenvalue weighted by Gasteiger charge is -2.48.